The van der Waals surface area contributed by atoms with Crippen LogP contribution in [0.2, 0.25) is 0 Å². The third-order valence-electron chi connectivity index (χ3n) is 4.70. The van der Waals surface area contributed by atoms with E-state index in [4.69, 9.17) is 9.84 Å². The minimum atomic E-state index is -0.820. The van der Waals surface area contributed by atoms with Crippen LogP contribution in [0.25, 0.3) is 0 Å². The minimum absolute atomic E-state index is 0.0441. The number of hydrogen-bond acceptors (Lipinski definition) is 4. The van der Waals surface area contributed by atoms with Crippen molar-refractivity contribution in [3.63, 3.8) is 0 Å². The zero-order chi connectivity index (χ0) is 18.6. The van der Waals surface area contributed by atoms with E-state index in [0.29, 0.717) is 6.54 Å². The first-order valence-corrected chi connectivity index (χ1v) is 8.52. The molecule has 0 atom stereocenters. The number of rotatable bonds is 7. The summed E-state index contributed by atoms with van der Waals surface area (Å²) in [5.41, 5.74) is 2.71. The number of aryl methyl sites for hydroxylation is 2. The maximum atomic E-state index is 12.2. The third kappa shape index (κ3) is 4.85. The number of hydrogen-bond donors (Lipinski definition) is 3. The van der Waals surface area contributed by atoms with E-state index in [9.17, 15) is 9.59 Å². The first-order valence-electron chi connectivity index (χ1n) is 8.52. The monoisotopic (exact) mass is 349 g/mol. The van der Waals surface area contributed by atoms with Crippen LogP contribution < -0.4 is 15.4 Å². The van der Waals surface area contributed by atoms with Gasteiger partial charge >= 0.3 is 12.0 Å². The molecule has 1 aromatic carbocycles. The van der Waals surface area contributed by atoms with Gasteiger partial charge in [0, 0.05) is 23.8 Å². The molecule has 0 spiro atoms. The number of amides is 2. The van der Waals surface area contributed by atoms with Crippen LogP contribution >= 0.6 is 0 Å². The van der Waals surface area contributed by atoms with Gasteiger partial charge in [-0.05, 0) is 44.4 Å². The highest BCUT2D eigenvalue weighted by Gasteiger charge is 2.34. The van der Waals surface area contributed by atoms with Crippen LogP contribution in [0.5, 0.6) is 5.75 Å². The number of benzene rings is 1. The number of ether oxygens (including phenoxy) is 1. The minimum Gasteiger partial charge on any atom is -0.496 e. The van der Waals surface area contributed by atoms with Crippen molar-refractivity contribution in [1.82, 2.24) is 10.2 Å². The van der Waals surface area contributed by atoms with Gasteiger partial charge in [-0.1, -0.05) is 13.0 Å². The number of carbonyl (C=O) groups is 2. The average Bonchev–Trinajstić information content (AvgIpc) is 2.51. The summed E-state index contributed by atoms with van der Waals surface area (Å²) in [7, 11) is 1.60. The number of likely N-dealkylation sites (N-methyl/N-ethyl adjacent to an activating group) is 1. The lowest BCUT2D eigenvalue weighted by atomic mass is 9.85. The molecule has 0 aliphatic heterocycles. The molecule has 1 aliphatic carbocycles. The van der Waals surface area contributed by atoms with Crippen LogP contribution in [-0.4, -0.2) is 54.3 Å². The second kappa shape index (κ2) is 8.20. The molecule has 2 rings (SSSR count). The lowest BCUT2D eigenvalue weighted by Crippen LogP contribution is -2.55. The highest BCUT2D eigenvalue weighted by atomic mass is 16.5. The number of carboxylic acids is 1. The number of aliphatic carboxylic acids is 1. The Morgan fingerprint density at radius 2 is 1.96 bits per heavy atom. The lowest BCUT2D eigenvalue weighted by Gasteiger charge is -2.42. The molecule has 0 unspecified atom stereocenters. The lowest BCUT2D eigenvalue weighted by molar-refractivity contribution is -0.139. The van der Waals surface area contributed by atoms with Crippen molar-refractivity contribution in [3.8, 4) is 5.75 Å². The number of carbonyl (C=O) groups excluding carboxylic acids is 1. The molecule has 1 saturated carbocycles. The number of urea groups is 1. The summed E-state index contributed by atoms with van der Waals surface area (Å²) in [5.74, 6) is -0.0864. The summed E-state index contributed by atoms with van der Waals surface area (Å²) in [4.78, 5) is 25.0. The van der Waals surface area contributed by atoms with Crippen LogP contribution in [0.4, 0.5) is 10.5 Å². The van der Waals surface area contributed by atoms with E-state index in [1.54, 1.807) is 7.11 Å². The summed E-state index contributed by atoms with van der Waals surface area (Å²) < 4.78 is 5.29. The molecule has 2 amide bonds. The largest absolute Gasteiger partial charge is 0.496 e. The Morgan fingerprint density at radius 1 is 1.28 bits per heavy atom. The highest BCUT2D eigenvalue weighted by molar-refractivity contribution is 5.90. The van der Waals surface area contributed by atoms with Crippen LogP contribution in [0.15, 0.2) is 12.1 Å². The molecule has 138 valence electrons. The summed E-state index contributed by atoms with van der Waals surface area (Å²) in [5, 5.41) is 14.7. The quantitative estimate of drug-likeness (QED) is 0.703. The average molecular weight is 349 g/mol. The number of nitrogens with one attached hydrogen (secondary N) is 2. The maximum Gasteiger partial charge on any atom is 0.319 e. The van der Waals surface area contributed by atoms with Gasteiger partial charge < -0.3 is 20.5 Å². The predicted molar refractivity (Wildman–Crippen MR) is 96.3 cm³/mol. The molecular formula is C18H27N3O4. The zero-order valence-electron chi connectivity index (χ0n) is 15.3. The Balaban J connectivity index is 1.85. The van der Waals surface area contributed by atoms with Gasteiger partial charge in [-0.15, -0.1) is 0 Å². The molecule has 7 heteroatoms. The second-order valence-corrected chi connectivity index (χ2v) is 6.51. The maximum absolute atomic E-state index is 12.2. The Kier molecular flexibility index (Phi) is 6.25. The van der Waals surface area contributed by atoms with E-state index < -0.39 is 5.97 Å². The molecule has 0 saturated heterocycles. The Bertz CT molecular complexity index is 641. The van der Waals surface area contributed by atoms with Crippen LogP contribution in [0.1, 0.15) is 30.9 Å². The Hall–Kier alpha value is -2.28. The van der Waals surface area contributed by atoms with Crippen LogP contribution in [-0.2, 0) is 4.79 Å². The number of nitrogens with zero attached hydrogens (tertiary/aromatic N) is 1. The van der Waals surface area contributed by atoms with E-state index in [0.717, 1.165) is 35.4 Å². The molecular weight excluding hydrogens is 322 g/mol. The number of anilines is 1. The third-order valence-corrected chi connectivity index (χ3v) is 4.70. The fraction of sp³-hybridized carbons (Fsp3) is 0.556. The van der Waals surface area contributed by atoms with Crippen LogP contribution in [0, 0.1) is 13.8 Å². The molecule has 1 fully saturated rings. The van der Waals surface area contributed by atoms with Crippen molar-refractivity contribution in [2.24, 2.45) is 0 Å². The summed E-state index contributed by atoms with van der Waals surface area (Å²) in [6.45, 7) is 6.58. The van der Waals surface area contributed by atoms with Crippen LogP contribution in [0.3, 0.4) is 0 Å². The van der Waals surface area contributed by atoms with Gasteiger partial charge in [0.1, 0.15) is 5.75 Å². The molecule has 0 aromatic heterocycles. The normalized spacial score (nSPS) is 19.2. The molecule has 7 nitrogen and oxygen atoms in total. The van der Waals surface area contributed by atoms with Gasteiger partial charge in [0.25, 0.3) is 0 Å². The van der Waals surface area contributed by atoms with E-state index in [-0.39, 0.29) is 24.7 Å². The van der Waals surface area contributed by atoms with Gasteiger partial charge in [-0.3, -0.25) is 9.69 Å². The SMILES string of the molecule is CCN(CC(=O)O)C1CC(NC(=O)Nc2cc(OC)c(C)cc2C)C1. The first-order chi connectivity index (χ1) is 11.8. The van der Waals surface area contributed by atoms with Gasteiger partial charge in [0.2, 0.25) is 0 Å². The van der Waals surface area contributed by atoms with Crippen molar-refractivity contribution in [2.45, 2.75) is 45.7 Å². The summed E-state index contributed by atoms with van der Waals surface area (Å²) in [6, 6.07) is 3.82. The van der Waals surface area contributed by atoms with Crippen molar-refractivity contribution in [1.29, 1.82) is 0 Å². The van der Waals surface area contributed by atoms with Gasteiger partial charge in [-0.25, -0.2) is 4.79 Å². The highest BCUT2D eigenvalue weighted by Crippen LogP contribution is 2.27. The van der Waals surface area contributed by atoms with E-state index in [2.05, 4.69) is 10.6 Å². The fourth-order valence-corrected chi connectivity index (χ4v) is 3.21. The number of methoxy groups -OCH3 is 1. The van der Waals surface area contributed by atoms with Gasteiger partial charge in [-0.2, -0.15) is 0 Å². The smallest absolute Gasteiger partial charge is 0.319 e. The molecule has 25 heavy (non-hydrogen) atoms. The Morgan fingerprint density at radius 3 is 2.52 bits per heavy atom. The van der Waals surface area contributed by atoms with E-state index in [1.165, 1.54) is 0 Å². The molecule has 1 aliphatic rings. The number of carboxylic acid groups (broad SMARTS) is 1. The predicted octanol–water partition coefficient (Wildman–Crippen LogP) is 2.37. The van der Waals surface area contributed by atoms with Crippen molar-refractivity contribution < 1.29 is 19.4 Å². The zero-order valence-corrected chi connectivity index (χ0v) is 15.3. The summed E-state index contributed by atoms with van der Waals surface area (Å²) in [6.07, 6.45) is 1.54. The van der Waals surface area contributed by atoms with Gasteiger partial charge in [0.15, 0.2) is 0 Å². The van der Waals surface area contributed by atoms with Crippen molar-refractivity contribution in [2.75, 3.05) is 25.5 Å². The first kappa shape index (κ1) is 19.1. The van der Waals surface area contributed by atoms with E-state index >= 15 is 0 Å². The van der Waals surface area contributed by atoms with Crippen molar-refractivity contribution >= 4 is 17.7 Å². The molecule has 1 aromatic rings. The standard InChI is InChI=1S/C18H27N3O4/c1-5-21(10-17(22)23)14-7-13(8-14)19-18(24)20-15-9-16(25-4)12(3)6-11(15)2/h6,9,13-14H,5,7-8,10H2,1-4H3,(H,22,23)(H2,19,20,24). The Labute approximate surface area is 148 Å². The molecule has 0 radical (unpaired) electrons. The van der Waals surface area contributed by atoms with Crippen molar-refractivity contribution in [3.05, 3.63) is 23.3 Å². The molecule has 0 bridgehead atoms. The second-order valence-electron chi connectivity index (χ2n) is 6.51. The van der Waals surface area contributed by atoms with E-state index in [1.807, 2.05) is 37.8 Å². The summed E-state index contributed by atoms with van der Waals surface area (Å²) >= 11 is 0. The fourth-order valence-electron chi connectivity index (χ4n) is 3.21. The molecule has 3 N–H and O–H groups in total. The molecule has 0 heterocycles. The van der Waals surface area contributed by atoms with Gasteiger partial charge in [0.05, 0.1) is 13.7 Å². The topological polar surface area (TPSA) is 90.9 Å².